The quantitative estimate of drug-likeness (QED) is 0.839. The van der Waals surface area contributed by atoms with Crippen LogP contribution in [0.1, 0.15) is 11.1 Å². The van der Waals surface area contributed by atoms with Crippen molar-refractivity contribution >= 4 is 5.91 Å². The Morgan fingerprint density at radius 1 is 1.35 bits per heavy atom. The Kier molecular flexibility index (Phi) is 4.73. The summed E-state index contributed by atoms with van der Waals surface area (Å²) in [4.78, 5) is 14.3. The maximum absolute atomic E-state index is 12.2. The first kappa shape index (κ1) is 15.7. The van der Waals surface area contributed by atoms with Gasteiger partial charge in [-0.25, -0.2) is 0 Å². The summed E-state index contributed by atoms with van der Waals surface area (Å²) in [6.07, 6.45) is 3.61. The van der Waals surface area contributed by atoms with E-state index in [0.29, 0.717) is 26.1 Å². The zero-order valence-corrected chi connectivity index (χ0v) is 13.2. The molecule has 0 spiro atoms. The summed E-state index contributed by atoms with van der Waals surface area (Å²) in [6.45, 7) is 1.53. The Labute approximate surface area is 135 Å². The van der Waals surface area contributed by atoms with Gasteiger partial charge in [0.1, 0.15) is 0 Å². The zero-order valence-electron chi connectivity index (χ0n) is 13.2. The maximum atomic E-state index is 12.2. The molecule has 0 unspecified atom stereocenters. The van der Waals surface area contributed by atoms with Crippen LogP contribution in [0.5, 0.6) is 0 Å². The van der Waals surface area contributed by atoms with Crippen LogP contribution in [0.2, 0.25) is 0 Å². The molecule has 0 bridgehead atoms. The molecule has 0 radical (unpaired) electrons. The summed E-state index contributed by atoms with van der Waals surface area (Å²) in [5, 5.41) is 17.2. The molecule has 0 saturated carbocycles. The first-order valence-electron chi connectivity index (χ1n) is 7.85. The van der Waals surface area contributed by atoms with Gasteiger partial charge in [-0.1, -0.05) is 24.3 Å². The fraction of sp³-hybridized carbons (Fsp3) is 0.412. The van der Waals surface area contributed by atoms with Crippen molar-refractivity contribution in [1.82, 2.24) is 20.0 Å². The number of benzene rings is 1. The van der Waals surface area contributed by atoms with E-state index in [1.807, 2.05) is 24.4 Å². The van der Waals surface area contributed by atoms with Crippen LogP contribution in [0.4, 0.5) is 0 Å². The molecule has 0 saturated heterocycles. The van der Waals surface area contributed by atoms with E-state index >= 15 is 0 Å². The van der Waals surface area contributed by atoms with Crippen LogP contribution < -0.4 is 5.32 Å². The molecule has 1 aromatic heterocycles. The summed E-state index contributed by atoms with van der Waals surface area (Å²) in [5.41, 5.74) is 2.43. The first-order chi connectivity index (χ1) is 11.2. The Balaban J connectivity index is 1.73. The number of carbonyl (C=O) groups is 1. The molecule has 6 nitrogen and oxygen atoms in total. The van der Waals surface area contributed by atoms with Gasteiger partial charge in [0.25, 0.3) is 0 Å². The SMILES string of the molecule is CNC(=O)[C@@H]1Cc2ccccc2CN1C[C@H](O)Cn1cccn1. The summed E-state index contributed by atoms with van der Waals surface area (Å²) >= 11 is 0. The third kappa shape index (κ3) is 3.60. The average Bonchev–Trinajstić information content (AvgIpc) is 3.06. The number of β-amino-alcohol motifs (C(OH)–C–C–N with tert-alkyl or cyclic N) is 1. The van der Waals surface area contributed by atoms with E-state index in [2.05, 4.69) is 27.4 Å². The number of likely N-dealkylation sites (N-methyl/N-ethyl adjacent to an activating group) is 1. The minimum absolute atomic E-state index is 0.00853. The highest BCUT2D eigenvalue weighted by Crippen LogP contribution is 2.23. The van der Waals surface area contributed by atoms with E-state index in [-0.39, 0.29) is 11.9 Å². The minimum atomic E-state index is -0.577. The van der Waals surface area contributed by atoms with Crippen LogP contribution in [0.3, 0.4) is 0 Å². The Morgan fingerprint density at radius 3 is 2.83 bits per heavy atom. The molecule has 6 heteroatoms. The maximum Gasteiger partial charge on any atom is 0.237 e. The largest absolute Gasteiger partial charge is 0.390 e. The van der Waals surface area contributed by atoms with E-state index in [1.54, 1.807) is 17.9 Å². The number of amides is 1. The Bertz CT molecular complexity index is 656. The van der Waals surface area contributed by atoms with E-state index < -0.39 is 6.10 Å². The fourth-order valence-electron chi connectivity index (χ4n) is 3.15. The normalized spacial score (nSPS) is 19.1. The lowest BCUT2D eigenvalue weighted by Gasteiger charge is -2.36. The van der Waals surface area contributed by atoms with Gasteiger partial charge < -0.3 is 10.4 Å². The number of hydrogen-bond donors (Lipinski definition) is 2. The van der Waals surface area contributed by atoms with E-state index in [0.717, 1.165) is 0 Å². The van der Waals surface area contributed by atoms with Crippen LogP contribution in [0, 0.1) is 0 Å². The molecule has 0 aliphatic carbocycles. The van der Waals surface area contributed by atoms with Gasteiger partial charge in [0.2, 0.25) is 5.91 Å². The third-order valence-electron chi connectivity index (χ3n) is 4.30. The van der Waals surface area contributed by atoms with E-state index in [4.69, 9.17) is 0 Å². The van der Waals surface area contributed by atoms with Gasteiger partial charge in [-0.05, 0) is 23.6 Å². The highest BCUT2D eigenvalue weighted by Gasteiger charge is 2.31. The minimum Gasteiger partial charge on any atom is -0.390 e. The van der Waals surface area contributed by atoms with Crippen molar-refractivity contribution < 1.29 is 9.90 Å². The molecule has 2 aromatic rings. The molecule has 122 valence electrons. The second kappa shape index (κ2) is 6.93. The van der Waals surface area contributed by atoms with Crippen molar-refractivity contribution in [1.29, 1.82) is 0 Å². The smallest absolute Gasteiger partial charge is 0.237 e. The number of nitrogens with one attached hydrogen (secondary N) is 1. The third-order valence-corrected chi connectivity index (χ3v) is 4.30. The average molecular weight is 314 g/mol. The first-order valence-corrected chi connectivity index (χ1v) is 7.85. The predicted octanol–water partition coefficient (Wildman–Crippen LogP) is 0.417. The van der Waals surface area contributed by atoms with Gasteiger partial charge in [0, 0.05) is 32.5 Å². The lowest BCUT2D eigenvalue weighted by Crippen LogP contribution is -2.52. The number of carbonyl (C=O) groups excluding carboxylic acids is 1. The molecule has 3 rings (SSSR count). The summed E-state index contributed by atoms with van der Waals surface area (Å²) < 4.78 is 1.71. The molecule has 1 aliphatic heterocycles. The van der Waals surface area contributed by atoms with Crippen LogP contribution in [0.15, 0.2) is 42.7 Å². The molecule has 2 N–H and O–H groups in total. The van der Waals surface area contributed by atoms with Crippen LogP contribution in [-0.4, -0.2) is 51.4 Å². The molecular formula is C17H22N4O2. The van der Waals surface area contributed by atoms with Crippen molar-refractivity contribution in [3.8, 4) is 0 Å². The number of aliphatic hydroxyl groups excluding tert-OH is 1. The highest BCUT2D eigenvalue weighted by molar-refractivity contribution is 5.82. The van der Waals surface area contributed by atoms with Crippen molar-refractivity contribution in [3.05, 3.63) is 53.9 Å². The topological polar surface area (TPSA) is 70.4 Å². The van der Waals surface area contributed by atoms with E-state index in [1.165, 1.54) is 11.1 Å². The molecule has 1 aliphatic rings. The second-order valence-electron chi connectivity index (χ2n) is 5.91. The molecule has 1 amide bonds. The molecule has 0 fully saturated rings. The second-order valence-corrected chi connectivity index (χ2v) is 5.91. The number of aliphatic hydroxyl groups is 1. The van der Waals surface area contributed by atoms with E-state index in [9.17, 15) is 9.90 Å². The molecular weight excluding hydrogens is 292 g/mol. The van der Waals surface area contributed by atoms with Gasteiger partial charge in [0.05, 0.1) is 18.7 Å². The molecule has 2 atom stereocenters. The lowest BCUT2D eigenvalue weighted by molar-refractivity contribution is -0.127. The summed E-state index contributed by atoms with van der Waals surface area (Å²) in [5.74, 6) is -0.00853. The predicted molar refractivity (Wildman–Crippen MR) is 86.6 cm³/mol. The monoisotopic (exact) mass is 314 g/mol. The zero-order chi connectivity index (χ0) is 16.2. The molecule has 2 heterocycles. The van der Waals surface area contributed by atoms with Gasteiger partial charge in [0.15, 0.2) is 0 Å². The molecule has 23 heavy (non-hydrogen) atoms. The van der Waals surface area contributed by atoms with Crippen molar-refractivity contribution in [2.24, 2.45) is 0 Å². The standard InChI is InChI=1S/C17H22N4O2/c1-18-17(23)16-9-13-5-2-3-6-14(13)10-20(16)11-15(22)12-21-8-4-7-19-21/h2-8,15-16,22H,9-12H2,1H3,(H,18,23)/t15-,16-/m0/s1. The Morgan fingerprint density at radius 2 is 2.13 bits per heavy atom. The van der Waals surface area contributed by atoms with Crippen molar-refractivity contribution in [2.45, 2.75) is 31.7 Å². The number of nitrogens with zero attached hydrogens (tertiary/aromatic N) is 3. The number of hydrogen-bond acceptors (Lipinski definition) is 4. The summed E-state index contributed by atoms with van der Waals surface area (Å²) in [7, 11) is 1.65. The molecule has 1 aromatic carbocycles. The van der Waals surface area contributed by atoms with Gasteiger partial charge in [-0.3, -0.25) is 14.4 Å². The van der Waals surface area contributed by atoms with Gasteiger partial charge in [-0.2, -0.15) is 5.10 Å². The Hall–Kier alpha value is -2.18. The highest BCUT2D eigenvalue weighted by atomic mass is 16.3. The number of rotatable bonds is 5. The van der Waals surface area contributed by atoms with Crippen LogP contribution in [-0.2, 0) is 24.3 Å². The van der Waals surface area contributed by atoms with Crippen molar-refractivity contribution in [3.63, 3.8) is 0 Å². The summed E-state index contributed by atoms with van der Waals surface area (Å²) in [6, 6.07) is 9.75. The van der Waals surface area contributed by atoms with Crippen molar-refractivity contribution in [2.75, 3.05) is 13.6 Å². The number of fused-ring (bicyclic) bond motifs is 1. The number of aromatic nitrogens is 2. The van der Waals surface area contributed by atoms with Gasteiger partial charge in [-0.15, -0.1) is 0 Å². The van der Waals surface area contributed by atoms with Crippen LogP contribution >= 0.6 is 0 Å². The van der Waals surface area contributed by atoms with Gasteiger partial charge >= 0.3 is 0 Å². The van der Waals surface area contributed by atoms with Crippen LogP contribution in [0.25, 0.3) is 0 Å². The fourth-order valence-corrected chi connectivity index (χ4v) is 3.15. The lowest BCUT2D eigenvalue weighted by atomic mass is 9.93.